The van der Waals surface area contributed by atoms with Crippen LogP contribution in [0.15, 0.2) is 41.0 Å². The van der Waals surface area contributed by atoms with Crippen LogP contribution < -0.4 is 20.5 Å². The molecule has 0 unspecified atom stereocenters. The molecular formula is C29H26BrF4N5O5. The average molecular weight is 680 g/mol. The van der Waals surface area contributed by atoms with E-state index in [1.807, 2.05) is 0 Å². The molecule has 0 aliphatic heterocycles. The molecule has 2 heterocycles. The fourth-order valence-electron chi connectivity index (χ4n) is 4.95. The second kappa shape index (κ2) is 12.0. The summed E-state index contributed by atoms with van der Waals surface area (Å²) in [6.45, 7) is -1.63. The van der Waals surface area contributed by atoms with Gasteiger partial charge in [0.05, 0.1) is 36.0 Å². The molecule has 15 heteroatoms. The van der Waals surface area contributed by atoms with E-state index in [9.17, 15) is 27.9 Å². The lowest BCUT2D eigenvalue weighted by molar-refractivity contribution is 0.00946. The van der Waals surface area contributed by atoms with E-state index in [1.165, 1.54) is 25.3 Å². The lowest BCUT2D eigenvalue weighted by Crippen LogP contribution is -2.43. The number of ether oxygens (including phenoxy) is 2. The Morgan fingerprint density at radius 2 is 1.98 bits per heavy atom. The number of rotatable bonds is 11. The first-order chi connectivity index (χ1) is 20.9. The average Bonchev–Trinajstić information content (AvgIpc) is 3.77. The second-order valence-electron chi connectivity index (χ2n) is 10.1. The van der Waals surface area contributed by atoms with Gasteiger partial charge in [0.15, 0.2) is 5.75 Å². The van der Waals surface area contributed by atoms with Crippen LogP contribution >= 0.6 is 15.9 Å². The minimum absolute atomic E-state index is 0.0395. The number of primary amides is 1. The highest BCUT2D eigenvalue weighted by atomic mass is 79.9. The van der Waals surface area contributed by atoms with Gasteiger partial charge in [-0.05, 0) is 71.9 Å². The number of pyridine rings is 1. The van der Waals surface area contributed by atoms with Gasteiger partial charge in [-0.3, -0.25) is 9.59 Å². The molecule has 1 saturated carbocycles. The third kappa shape index (κ3) is 5.68. The molecule has 0 spiro atoms. The lowest BCUT2D eigenvalue weighted by atomic mass is 9.90. The maximum atomic E-state index is 15.3. The van der Waals surface area contributed by atoms with Crippen LogP contribution in [0, 0.1) is 17.6 Å². The van der Waals surface area contributed by atoms with Crippen LogP contribution in [0.3, 0.4) is 0 Å². The molecule has 0 bridgehead atoms. The Balaban J connectivity index is 1.55. The van der Waals surface area contributed by atoms with E-state index in [2.05, 4.69) is 31.3 Å². The molecule has 2 amide bonds. The van der Waals surface area contributed by atoms with Crippen molar-refractivity contribution < 1.29 is 41.7 Å². The first kappa shape index (κ1) is 31.2. The van der Waals surface area contributed by atoms with Crippen molar-refractivity contribution in [3.63, 3.8) is 0 Å². The van der Waals surface area contributed by atoms with E-state index in [4.69, 9.17) is 15.2 Å². The Bertz CT molecular complexity index is 1780. The number of nitrogens with one attached hydrogen (secondary N) is 1. The molecule has 5 rings (SSSR count). The highest BCUT2D eigenvalue weighted by Gasteiger charge is 2.47. The Labute approximate surface area is 256 Å². The SMILES string of the molecule is CCOc1c(C(N)=O)cc([C@@](O)(CNC(=O)c2cc(OC)c3nn(C(F)F)cc3c2)C2CC2)nc1-c1ccc(F)c(Br)c1F. The fourth-order valence-corrected chi connectivity index (χ4v) is 5.30. The lowest BCUT2D eigenvalue weighted by Gasteiger charge is -2.29. The molecule has 2 aromatic carbocycles. The zero-order chi connectivity index (χ0) is 31.9. The smallest absolute Gasteiger partial charge is 0.333 e. The highest BCUT2D eigenvalue weighted by molar-refractivity contribution is 9.10. The van der Waals surface area contributed by atoms with Crippen LogP contribution in [0.25, 0.3) is 22.2 Å². The van der Waals surface area contributed by atoms with Gasteiger partial charge in [-0.25, -0.2) is 18.4 Å². The zero-order valence-corrected chi connectivity index (χ0v) is 24.9. The third-order valence-corrected chi connectivity index (χ3v) is 8.03. The molecular weight excluding hydrogens is 654 g/mol. The maximum Gasteiger partial charge on any atom is 0.333 e. The van der Waals surface area contributed by atoms with E-state index in [-0.39, 0.29) is 57.1 Å². The normalized spacial score (nSPS) is 14.5. The third-order valence-electron chi connectivity index (χ3n) is 7.31. The van der Waals surface area contributed by atoms with E-state index >= 15 is 4.39 Å². The van der Waals surface area contributed by atoms with Crippen molar-refractivity contribution in [2.45, 2.75) is 31.9 Å². The Kier molecular flexibility index (Phi) is 8.53. The van der Waals surface area contributed by atoms with Gasteiger partial charge < -0.3 is 25.6 Å². The van der Waals surface area contributed by atoms with Crippen molar-refractivity contribution in [1.29, 1.82) is 0 Å². The molecule has 0 saturated heterocycles. The number of carbonyl (C=O) groups is 2. The van der Waals surface area contributed by atoms with Crippen molar-refractivity contribution in [3.8, 4) is 22.8 Å². The Morgan fingerprint density at radius 3 is 2.59 bits per heavy atom. The summed E-state index contributed by atoms with van der Waals surface area (Å²) in [5, 5.41) is 18.6. The minimum atomic E-state index is -2.90. The van der Waals surface area contributed by atoms with Crippen LogP contribution in [-0.4, -0.2) is 51.9 Å². The van der Waals surface area contributed by atoms with Gasteiger partial charge in [0.2, 0.25) is 0 Å². The zero-order valence-electron chi connectivity index (χ0n) is 23.3. The number of methoxy groups -OCH3 is 1. The number of nitrogens with two attached hydrogens (primary N) is 1. The van der Waals surface area contributed by atoms with Gasteiger partial charge in [-0.15, -0.1) is 0 Å². The summed E-state index contributed by atoms with van der Waals surface area (Å²) in [6.07, 6.45) is 2.17. The van der Waals surface area contributed by atoms with Gasteiger partial charge in [0.25, 0.3) is 11.8 Å². The largest absolute Gasteiger partial charge is 0.494 e. The summed E-state index contributed by atoms with van der Waals surface area (Å²) in [4.78, 5) is 30.3. The summed E-state index contributed by atoms with van der Waals surface area (Å²) in [6, 6.07) is 6.02. The van der Waals surface area contributed by atoms with E-state index in [0.29, 0.717) is 17.5 Å². The highest BCUT2D eigenvalue weighted by Crippen LogP contribution is 2.47. The number of alkyl halides is 2. The number of aromatic nitrogens is 3. The summed E-state index contributed by atoms with van der Waals surface area (Å²) >= 11 is 2.87. The molecule has 44 heavy (non-hydrogen) atoms. The number of hydrogen-bond acceptors (Lipinski definition) is 7. The van der Waals surface area contributed by atoms with Crippen molar-refractivity contribution in [2.24, 2.45) is 11.7 Å². The summed E-state index contributed by atoms with van der Waals surface area (Å²) < 4.78 is 66.6. The molecule has 4 N–H and O–H groups in total. The number of halogens is 5. The number of carbonyl (C=O) groups excluding carboxylic acids is 2. The first-order valence-corrected chi connectivity index (χ1v) is 14.2. The van der Waals surface area contributed by atoms with Crippen molar-refractivity contribution in [1.82, 2.24) is 20.1 Å². The van der Waals surface area contributed by atoms with Crippen LogP contribution in [0.5, 0.6) is 11.5 Å². The molecule has 2 aromatic heterocycles. The minimum Gasteiger partial charge on any atom is -0.494 e. The molecule has 0 radical (unpaired) electrons. The summed E-state index contributed by atoms with van der Waals surface area (Å²) in [5.41, 5.74) is 3.23. The van der Waals surface area contributed by atoms with Crippen LogP contribution in [0.4, 0.5) is 17.6 Å². The first-order valence-electron chi connectivity index (χ1n) is 13.4. The van der Waals surface area contributed by atoms with E-state index < -0.39 is 52.5 Å². The molecule has 1 aliphatic carbocycles. The monoisotopic (exact) mass is 679 g/mol. The quantitative estimate of drug-likeness (QED) is 0.149. The van der Waals surface area contributed by atoms with Crippen molar-refractivity contribution in [3.05, 3.63) is 69.5 Å². The molecule has 10 nitrogen and oxygen atoms in total. The van der Waals surface area contributed by atoms with Crippen LogP contribution in [0.1, 0.15) is 52.7 Å². The summed E-state index contributed by atoms with van der Waals surface area (Å²) in [7, 11) is 1.30. The molecule has 1 fully saturated rings. The maximum absolute atomic E-state index is 15.3. The van der Waals surface area contributed by atoms with Gasteiger partial charge in [-0.1, -0.05) is 0 Å². The number of fused-ring (bicyclic) bond motifs is 1. The Hall–Kier alpha value is -4.24. The molecule has 1 aliphatic rings. The standard InChI is InChI=1S/C29H26BrF4N5O5/c1-3-44-25-17(26(35)40)10-20(37-24(25)16-6-7-18(31)21(30)22(16)32)29(42,15-4-5-15)12-36-27(41)13-8-14-11-39(28(33)34)38-23(14)19(9-13)43-2/h6-11,15,28,42H,3-5,12H2,1-2H3,(H2,35,40)(H,36,41)/t29-/m1/s1. The molecule has 232 valence electrons. The van der Waals surface area contributed by atoms with Gasteiger partial charge in [-0.2, -0.15) is 13.9 Å². The molecule has 1 atom stereocenters. The number of nitrogens with zero attached hydrogens (tertiary/aromatic N) is 3. The number of amides is 2. The number of benzene rings is 2. The second-order valence-corrected chi connectivity index (χ2v) is 10.9. The van der Waals surface area contributed by atoms with E-state index in [1.54, 1.807) is 6.92 Å². The van der Waals surface area contributed by atoms with E-state index in [0.717, 1.165) is 18.3 Å². The van der Waals surface area contributed by atoms with Gasteiger partial charge in [0.1, 0.15) is 34.2 Å². The van der Waals surface area contributed by atoms with Crippen molar-refractivity contribution in [2.75, 3.05) is 20.3 Å². The van der Waals surface area contributed by atoms with Gasteiger partial charge >= 0.3 is 6.55 Å². The topological polar surface area (TPSA) is 142 Å². The summed E-state index contributed by atoms with van der Waals surface area (Å²) in [5.74, 6) is -4.00. The molecule has 4 aromatic rings. The predicted molar refractivity (Wildman–Crippen MR) is 153 cm³/mol. The predicted octanol–water partition coefficient (Wildman–Crippen LogP) is 5.07. The number of aliphatic hydroxyl groups is 1. The Morgan fingerprint density at radius 1 is 1.25 bits per heavy atom. The van der Waals surface area contributed by atoms with Crippen LogP contribution in [-0.2, 0) is 5.60 Å². The van der Waals surface area contributed by atoms with Gasteiger partial charge in [0, 0.05) is 22.7 Å². The van der Waals surface area contributed by atoms with Crippen LogP contribution in [0.2, 0.25) is 0 Å². The van der Waals surface area contributed by atoms with Crippen molar-refractivity contribution >= 4 is 38.6 Å². The fraction of sp³-hybridized carbons (Fsp3) is 0.310. The number of hydrogen-bond donors (Lipinski definition) is 3.